The van der Waals surface area contributed by atoms with Crippen molar-refractivity contribution in [3.05, 3.63) is 151 Å². The number of hydrogen-bond donors (Lipinski definition) is 0. The SMILES string of the molecule is CC1(C)c2ccc(N(c3ccc4ccccc4c3)C3C=CC=CC3)cc2-n2c3ccccc3c3c4oc5ccccc5c4cc1c32. The Morgan fingerprint density at radius 1 is 0.696 bits per heavy atom. The van der Waals surface area contributed by atoms with Gasteiger partial charge in [0.1, 0.15) is 11.2 Å². The van der Waals surface area contributed by atoms with Crippen LogP contribution in [0.25, 0.3) is 60.2 Å². The second-order valence-electron chi connectivity index (χ2n) is 13.3. The van der Waals surface area contributed by atoms with Crippen LogP contribution in [0.2, 0.25) is 0 Å². The van der Waals surface area contributed by atoms with Crippen molar-refractivity contribution < 1.29 is 4.42 Å². The number of aromatic nitrogens is 1. The van der Waals surface area contributed by atoms with Crippen LogP contribution < -0.4 is 4.90 Å². The molecule has 2 aliphatic rings. The largest absolute Gasteiger partial charge is 0.455 e. The standard InChI is InChI=1S/C43H32N2O/c1-43(2)35-23-22-31(44(29-14-4-3-5-15-29)30-21-20-27-12-6-7-13-28(27)24-30)25-38(35)45-37-18-10-8-17-33(37)40-41(45)36(43)26-34-32-16-9-11-19-39(32)46-42(34)40/h3-14,16-26,29H,15H2,1-2H3. The zero-order valence-electron chi connectivity index (χ0n) is 25.9. The van der Waals surface area contributed by atoms with Gasteiger partial charge in [-0.3, -0.25) is 0 Å². The molecule has 1 aliphatic heterocycles. The molecule has 0 spiro atoms. The molecule has 3 nitrogen and oxygen atoms in total. The third-order valence-electron chi connectivity index (χ3n) is 10.4. The molecular formula is C43H32N2O. The van der Waals surface area contributed by atoms with Gasteiger partial charge in [0.05, 0.1) is 28.1 Å². The van der Waals surface area contributed by atoms with Gasteiger partial charge in [0.2, 0.25) is 0 Å². The van der Waals surface area contributed by atoms with Gasteiger partial charge >= 0.3 is 0 Å². The lowest BCUT2D eigenvalue weighted by molar-refractivity contribution is 0.629. The average molecular weight is 593 g/mol. The minimum absolute atomic E-state index is 0.213. The Labute approximate surface area is 267 Å². The van der Waals surface area contributed by atoms with Crippen molar-refractivity contribution in [2.45, 2.75) is 31.7 Å². The zero-order valence-corrected chi connectivity index (χ0v) is 25.9. The van der Waals surface area contributed by atoms with Crippen LogP contribution in [0.15, 0.2) is 144 Å². The molecule has 2 aromatic heterocycles. The van der Waals surface area contributed by atoms with Gasteiger partial charge in [-0.05, 0) is 70.8 Å². The highest BCUT2D eigenvalue weighted by Crippen LogP contribution is 2.52. The Kier molecular flexibility index (Phi) is 5.18. The molecule has 1 atom stereocenters. The first kappa shape index (κ1) is 25.8. The predicted octanol–water partition coefficient (Wildman–Crippen LogP) is 11.5. The Balaban J connectivity index is 1.28. The van der Waals surface area contributed by atoms with E-state index in [-0.39, 0.29) is 11.5 Å². The average Bonchev–Trinajstić information content (AvgIpc) is 3.64. The quantitative estimate of drug-likeness (QED) is 0.203. The minimum Gasteiger partial charge on any atom is -0.455 e. The number of allylic oxidation sites excluding steroid dienone is 2. The highest BCUT2D eigenvalue weighted by Gasteiger charge is 2.37. The van der Waals surface area contributed by atoms with E-state index in [9.17, 15) is 0 Å². The number of fused-ring (bicyclic) bond motifs is 10. The molecule has 0 saturated heterocycles. The third-order valence-corrected chi connectivity index (χ3v) is 10.4. The molecule has 0 bridgehead atoms. The molecule has 46 heavy (non-hydrogen) atoms. The summed E-state index contributed by atoms with van der Waals surface area (Å²) in [7, 11) is 0. The van der Waals surface area contributed by atoms with Crippen LogP contribution in [-0.4, -0.2) is 10.6 Å². The Morgan fingerprint density at radius 2 is 1.46 bits per heavy atom. The maximum atomic E-state index is 6.67. The molecular weight excluding hydrogens is 560 g/mol. The maximum absolute atomic E-state index is 6.67. The molecule has 0 saturated carbocycles. The fourth-order valence-electron chi connectivity index (χ4n) is 8.20. The first-order chi connectivity index (χ1) is 22.6. The van der Waals surface area contributed by atoms with E-state index in [0.29, 0.717) is 0 Å². The molecule has 0 amide bonds. The van der Waals surface area contributed by atoms with Crippen LogP contribution in [0.1, 0.15) is 31.4 Å². The molecule has 1 aliphatic carbocycles. The highest BCUT2D eigenvalue weighted by molar-refractivity contribution is 6.25. The highest BCUT2D eigenvalue weighted by atomic mass is 16.3. The summed E-state index contributed by atoms with van der Waals surface area (Å²) in [6.07, 6.45) is 9.90. The molecule has 3 heteroatoms. The minimum atomic E-state index is -0.218. The summed E-state index contributed by atoms with van der Waals surface area (Å²) in [6, 6.07) is 42.5. The number of furan rings is 1. The molecule has 220 valence electrons. The van der Waals surface area contributed by atoms with Gasteiger partial charge in [0, 0.05) is 32.9 Å². The fourth-order valence-corrected chi connectivity index (χ4v) is 8.20. The van der Waals surface area contributed by atoms with Crippen LogP contribution in [0.4, 0.5) is 11.4 Å². The van der Waals surface area contributed by atoms with E-state index in [4.69, 9.17) is 4.42 Å². The topological polar surface area (TPSA) is 21.3 Å². The molecule has 0 radical (unpaired) electrons. The number of rotatable bonds is 3. The number of benzene rings is 6. The fraction of sp³-hybridized carbons (Fsp3) is 0.116. The molecule has 0 N–H and O–H groups in total. The lowest BCUT2D eigenvalue weighted by atomic mass is 9.74. The predicted molar refractivity (Wildman–Crippen MR) is 193 cm³/mol. The normalized spacial score (nSPS) is 16.6. The summed E-state index contributed by atoms with van der Waals surface area (Å²) >= 11 is 0. The summed E-state index contributed by atoms with van der Waals surface area (Å²) in [5, 5.41) is 7.30. The van der Waals surface area contributed by atoms with Gasteiger partial charge in [-0.1, -0.05) is 111 Å². The second kappa shape index (κ2) is 9.24. The second-order valence-corrected chi connectivity index (χ2v) is 13.3. The summed E-state index contributed by atoms with van der Waals surface area (Å²) in [4.78, 5) is 2.51. The van der Waals surface area contributed by atoms with Gasteiger partial charge in [-0.2, -0.15) is 0 Å². The van der Waals surface area contributed by atoms with E-state index in [2.05, 4.69) is 163 Å². The monoisotopic (exact) mass is 592 g/mol. The van der Waals surface area contributed by atoms with E-state index < -0.39 is 0 Å². The number of para-hydroxylation sites is 2. The van der Waals surface area contributed by atoms with Gasteiger partial charge in [-0.25, -0.2) is 0 Å². The lowest BCUT2D eigenvalue weighted by Crippen LogP contribution is -2.31. The van der Waals surface area contributed by atoms with Crippen molar-refractivity contribution in [2.75, 3.05) is 4.90 Å². The number of anilines is 2. The van der Waals surface area contributed by atoms with E-state index in [0.717, 1.165) is 17.6 Å². The molecule has 8 aromatic rings. The van der Waals surface area contributed by atoms with Crippen LogP contribution in [-0.2, 0) is 5.41 Å². The van der Waals surface area contributed by atoms with Crippen molar-refractivity contribution in [2.24, 2.45) is 0 Å². The van der Waals surface area contributed by atoms with Crippen molar-refractivity contribution in [1.82, 2.24) is 4.57 Å². The van der Waals surface area contributed by atoms with Gasteiger partial charge in [0.25, 0.3) is 0 Å². The van der Waals surface area contributed by atoms with E-state index >= 15 is 0 Å². The van der Waals surface area contributed by atoms with Crippen molar-refractivity contribution >= 4 is 65.9 Å². The van der Waals surface area contributed by atoms with Crippen molar-refractivity contribution in [3.63, 3.8) is 0 Å². The number of hydrogen-bond acceptors (Lipinski definition) is 2. The van der Waals surface area contributed by atoms with Gasteiger partial charge in [0.15, 0.2) is 0 Å². The van der Waals surface area contributed by atoms with E-state index in [1.54, 1.807) is 0 Å². The van der Waals surface area contributed by atoms with Crippen molar-refractivity contribution in [1.29, 1.82) is 0 Å². The third kappa shape index (κ3) is 3.43. The molecule has 0 fully saturated rings. The first-order valence-electron chi connectivity index (χ1n) is 16.2. The summed E-state index contributed by atoms with van der Waals surface area (Å²) < 4.78 is 9.17. The summed E-state index contributed by atoms with van der Waals surface area (Å²) in [5.74, 6) is 0. The first-order valence-corrected chi connectivity index (χ1v) is 16.2. The van der Waals surface area contributed by atoms with Crippen LogP contribution in [0.3, 0.4) is 0 Å². The number of nitrogens with zero attached hydrogens (tertiary/aromatic N) is 2. The van der Waals surface area contributed by atoms with E-state index in [1.807, 2.05) is 0 Å². The van der Waals surface area contributed by atoms with Crippen LogP contribution in [0, 0.1) is 0 Å². The van der Waals surface area contributed by atoms with Crippen molar-refractivity contribution in [3.8, 4) is 5.69 Å². The lowest BCUT2D eigenvalue weighted by Gasteiger charge is -2.37. The molecule has 1 unspecified atom stereocenters. The van der Waals surface area contributed by atoms with Gasteiger partial charge in [-0.15, -0.1) is 0 Å². The van der Waals surface area contributed by atoms with Gasteiger partial charge < -0.3 is 13.9 Å². The Bertz CT molecular complexity index is 2610. The molecule has 10 rings (SSSR count). The van der Waals surface area contributed by atoms with E-state index in [1.165, 1.54) is 71.5 Å². The zero-order chi connectivity index (χ0) is 30.6. The maximum Gasteiger partial charge on any atom is 0.145 e. The van der Waals surface area contributed by atoms with Crippen LogP contribution in [0.5, 0.6) is 0 Å². The van der Waals surface area contributed by atoms with Crippen LogP contribution >= 0.6 is 0 Å². The summed E-state index contributed by atoms with van der Waals surface area (Å²) in [6.45, 7) is 4.76. The molecule has 3 heterocycles. The Hall–Kier alpha value is -5.54. The summed E-state index contributed by atoms with van der Waals surface area (Å²) in [5.41, 5.74) is 10.4. The molecule has 6 aromatic carbocycles. The smallest absolute Gasteiger partial charge is 0.145 e. The Morgan fingerprint density at radius 3 is 2.33 bits per heavy atom.